The normalized spacial score (nSPS) is 19.6. The number of Topliss-reactive ketones (excluding diaryl/α,β-unsaturated/α-hetero) is 1. The van der Waals surface area contributed by atoms with E-state index >= 15 is 0 Å². The fraction of sp³-hybridized carbons (Fsp3) is 0.462. The van der Waals surface area contributed by atoms with E-state index in [-0.39, 0.29) is 17.1 Å². The SMILES string of the molecule is COC(=O)CSCCCSC1C(=O)CC[C@@H]1C=CC(O)CCc1ccc2ccccc2c1. The van der Waals surface area contributed by atoms with Crippen molar-refractivity contribution in [2.75, 3.05) is 24.4 Å². The maximum atomic E-state index is 12.3. The number of hydrogen-bond donors (Lipinski definition) is 1. The summed E-state index contributed by atoms with van der Waals surface area (Å²) in [5.74, 6) is 2.49. The summed E-state index contributed by atoms with van der Waals surface area (Å²) in [6.45, 7) is 0. The molecule has 0 amide bonds. The van der Waals surface area contributed by atoms with Crippen LogP contribution in [0.2, 0.25) is 0 Å². The van der Waals surface area contributed by atoms with E-state index < -0.39 is 6.10 Å². The minimum atomic E-state index is -0.502. The highest BCUT2D eigenvalue weighted by Gasteiger charge is 2.33. The van der Waals surface area contributed by atoms with Crippen molar-refractivity contribution < 1.29 is 19.4 Å². The Kier molecular flexibility index (Phi) is 10.2. The van der Waals surface area contributed by atoms with Crippen molar-refractivity contribution in [3.8, 4) is 0 Å². The fourth-order valence-electron chi connectivity index (χ4n) is 3.92. The lowest BCUT2D eigenvalue weighted by atomic mass is 10.0. The number of fused-ring (bicyclic) bond motifs is 1. The van der Waals surface area contributed by atoms with Crippen LogP contribution in [0.15, 0.2) is 54.6 Å². The minimum Gasteiger partial charge on any atom is -0.468 e. The number of aliphatic hydroxyl groups is 1. The smallest absolute Gasteiger partial charge is 0.315 e. The number of aryl methyl sites for hydroxylation is 1. The van der Waals surface area contributed by atoms with E-state index in [1.54, 1.807) is 23.5 Å². The molecular weight excluding hydrogens is 440 g/mol. The van der Waals surface area contributed by atoms with Gasteiger partial charge in [-0.1, -0.05) is 54.6 Å². The van der Waals surface area contributed by atoms with Crippen LogP contribution in [0.3, 0.4) is 0 Å². The zero-order valence-corrected chi connectivity index (χ0v) is 20.2. The third kappa shape index (κ3) is 7.68. The second-order valence-corrected chi connectivity index (χ2v) is 10.5. The highest BCUT2D eigenvalue weighted by atomic mass is 32.2. The molecule has 3 rings (SSSR count). The summed E-state index contributed by atoms with van der Waals surface area (Å²) in [5, 5.41) is 12.9. The topological polar surface area (TPSA) is 63.6 Å². The average molecular weight is 473 g/mol. The number of benzene rings is 2. The molecule has 1 saturated carbocycles. The van der Waals surface area contributed by atoms with E-state index in [2.05, 4.69) is 41.1 Å². The van der Waals surface area contributed by atoms with E-state index in [0.717, 1.165) is 30.8 Å². The molecule has 0 saturated heterocycles. The van der Waals surface area contributed by atoms with Gasteiger partial charge in [0, 0.05) is 6.42 Å². The van der Waals surface area contributed by atoms with Gasteiger partial charge in [0.2, 0.25) is 0 Å². The second-order valence-electron chi connectivity index (χ2n) is 8.11. The molecule has 4 nitrogen and oxygen atoms in total. The second kappa shape index (κ2) is 13.1. The zero-order chi connectivity index (χ0) is 22.8. The molecule has 0 heterocycles. The number of thioether (sulfide) groups is 2. The molecule has 172 valence electrons. The highest BCUT2D eigenvalue weighted by Crippen LogP contribution is 2.34. The van der Waals surface area contributed by atoms with Crippen molar-refractivity contribution in [1.29, 1.82) is 0 Å². The third-order valence-electron chi connectivity index (χ3n) is 5.73. The van der Waals surface area contributed by atoms with Crippen LogP contribution in [0.5, 0.6) is 0 Å². The van der Waals surface area contributed by atoms with Gasteiger partial charge in [-0.2, -0.15) is 11.8 Å². The Morgan fingerprint density at radius 1 is 1.22 bits per heavy atom. The Bertz CT molecular complexity index is 927. The van der Waals surface area contributed by atoms with Gasteiger partial charge >= 0.3 is 5.97 Å². The van der Waals surface area contributed by atoms with Crippen LogP contribution in [-0.2, 0) is 20.7 Å². The lowest BCUT2D eigenvalue weighted by Crippen LogP contribution is -2.17. The minimum absolute atomic E-state index is 0.00968. The first-order valence-electron chi connectivity index (χ1n) is 11.2. The van der Waals surface area contributed by atoms with Crippen molar-refractivity contribution in [2.24, 2.45) is 5.92 Å². The Balaban J connectivity index is 1.41. The summed E-state index contributed by atoms with van der Waals surface area (Å²) < 4.78 is 4.63. The number of allylic oxidation sites excluding steroid dienone is 1. The molecule has 0 bridgehead atoms. The zero-order valence-electron chi connectivity index (χ0n) is 18.6. The van der Waals surface area contributed by atoms with Crippen LogP contribution in [0, 0.1) is 5.92 Å². The number of ether oxygens (including phenoxy) is 1. The first kappa shape index (κ1) is 24.9. The molecule has 1 N–H and O–H groups in total. The lowest BCUT2D eigenvalue weighted by molar-refractivity contribution is -0.137. The van der Waals surface area contributed by atoms with Crippen molar-refractivity contribution >= 4 is 46.0 Å². The molecule has 1 aliphatic carbocycles. The molecule has 32 heavy (non-hydrogen) atoms. The van der Waals surface area contributed by atoms with Gasteiger partial charge in [-0.15, -0.1) is 11.8 Å². The van der Waals surface area contributed by atoms with E-state index in [9.17, 15) is 14.7 Å². The molecule has 0 radical (unpaired) electrons. The summed E-state index contributed by atoms with van der Waals surface area (Å²) in [6, 6.07) is 14.8. The number of esters is 1. The number of methoxy groups -OCH3 is 1. The molecule has 2 aromatic rings. The third-order valence-corrected chi connectivity index (χ3v) is 8.24. The first-order valence-corrected chi connectivity index (χ1v) is 13.4. The molecule has 1 aliphatic rings. The number of aliphatic hydroxyl groups excluding tert-OH is 1. The van der Waals surface area contributed by atoms with E-state index in [0.29, 0.717) is 24.4 Å². The standard InChI is InChI=1S/C26H32O4S2/c1-30-25(29)18-31-15-4-16-32-26-21(11-14-24(26)28)10-13-23(27)12-8-19-7-9-20-5-2-3-6-22(20)17-19/h2-3,5-7,9-10,13,17,21,23,26-27H,4,8,11-12,14-16,18H2,1H3/t21-,23?,26?/m0/s1. The van der Waals surface area contributed by atoms with Gasteiger partial charge in [-0.25, -0.2) is 0 Å². The summed E-state index contributed by atoms with van der Waals surface area (Å²) in [4.78, 5) is 23.4. The van der Waals surface area contributed by atoms with E-state index in [4.69, 9.17) is 0 Å². The van der Waals surface area contributed by atoms with E-state index in [1.165, 1.54) is 23.4 Å². The molecule has 6 heteroatoms. The fourth-order valence-corrected chi connectivity index (χ4v) is 6.22. The quantitative estimate of drug-likeness (QED) is 0.264. The molecule has 2 aromatic carbocycles. The van der Waals surface area contributed by atoms with Crippen molar-refractivity contribution in [3.63, 3.8) is 0 Å². The largest absolute Gasteiger partial charge is 0.468 e. The van der Waals surface area contributed by atoms with Crippen LogP contribution in [0.25, 0.3) is 10.8 Å². The number of rotatable bonds is 12. The van der Waals surface area contributed by atoms with Crippen molar-refractivity contribution in [2.45, 2.75) is 43.5 Å². The van der Waals surface area contributed by atoms with Gasteiger partial charge in [-0.3, -0.25) is 9.59 Å². The maximum absolute atomic E-state index is 12.3. The predicted molar refractivity (Wildman–Crippen MR) is 135 cm³/mol. The van der Waals surface area contributed by atoms with Crippen molar-refractivity contribution in [3.05, 3.63) is 60.2 Å². The predicted octanol–water partition coefficient (Wildman–Crippen LogP) is 5.07. The van der Waals surface area contributed by atoms with Crippen molar-refractivity contribution in [1.82, 2.24) is 0 Å². The van der Waals surface area contributed by atoms with Gasteiger partial charge in [0.25, 0.3) is 0 Å². The Labute approximate surface area is 199 Å². The monoisotopic (exact) mass is 472 g/mol. The Hall–Kier alpha value is -1.76. The molecule has 0 spiro atoms. The lowest BCUT2D eigenvalue weighted by Gasteiger charge is -2.15. The molecule has 0 aromatic heterocycles. The number of carbonyl (C=O) groups excluding carboxylic acids is 2. The average Bonchev–Trinajstić information content (AvgIpc) is 3.17. The first-order chi connectivity index (χ1) is 15.6. The Morgan fingerprint density at radius 3 is 2.84 bits per heavy atom. The number of ketones is 1. The summed E-state index contributed by atoms with van der Waals surface area (Å²) >= 11 is 3.28. The highest BCUT2D eigenvalue weighted by molar-refractivity contribution is 8.01. The van der Waals surface area contributed by atoms with Gasteiger partial charge in [-0.05, 0) is 59.4 Å². The Morgan fingerprint density at radius 2 is 2.03 bits per heavy atom. The molecule has 0 aliphatic heterocycles. The van der Waals surface area contributed by atoms with E-state index in [1.807, 2.05) is 18.2 Å². The molecule has 1 fully saturated rings. The van der Waals surface area contributed by atoms with Crippen LogP contribution in [0.1, 0.15) is 31.2 Å². The van der Waals surface area contributed by atoms with Gasteiger partial charge in [0.05, 0.1) is 24.2 Å². The number of hydrogen-bond acceptors (Lipinski definition) is 6. The van der Waals surface area contributed by atoms with Crippen LogP contribution in [-0.4, -0.2) is 52.6 Å². The van der Waals surface area contributed by atoms with Gasteiger partial charge < -0.3 is 9.84 Å². The summed E-state index contributed by atoms with van der Waals surface area (Å²) in [5.41, 5.74) is 1.23. The van der Waals surface area contributed by atoms with Gasteiger partial charge in [0.1, 0.15) is 5.78 Å². The summed E-state index contributed by atoms with van der Waals surface area (Å²) in [7, 11) is 1.40. The molecule has 3 atom stereocenters. The summed E-state index contributed by atoms with van der Waals surface area (Å²) in [6.07, 6.45) is 7.37. The maximum Gasteiger partial charge on any atom is 0.315 e. The van der Waals surface area contributed by atoms with Crippen LogP contribution >= 0.6 is 23.5 Å². The van der Waals surface area contributed by atoms with Gasteiger partial charge in [0.15, 0.2) is 0 Å². The molecule has 2 unspecified atom stereocenters. The number of carbonyl (C=O) groups is 2. The molecular formula is C26H32O4S2. The van der Waals surface area contributed by atoms with Crippen LogP contribution < -0.4 is 0 Å². The van der Waals surface area contributed by atoms with Crippen LogP contribution in [0.4, 0.5) is 0 Å².